The van der Waals surface area contributed by atoms with Crippen LogP contribution in [-0.4, -0.2) is 41.8 Å². The van der Waals surface area contributed by atoms with Gasteiger partial charge in [-0.2, -0.15) is 0 Å². The molecule has 0 aromatic heterocycles. The average molecular weight is 294 g/mol. The average Bonchev–Trinajstić information content (AvgIpc) is 2.43. The molecule has 118 valence electrons. The molecule has 4 heteroatoms. The van der Waals surface area contributed by atoms with Crippen molar-refractivity contribution in [3.63, 3.8) is 0 Å². The van der Waals surface area contributed by atoms with Gasteiger partial charge in [0.1, 0.15) is 5.82 Å². The molecule has 1 aromatic rings. The van der Waals surface area contributed by atoms with E-state index in [1.807, 2.05) is 19.1 Å². The van der Waals surface area contributed by atoms with Crippen molar-refractivity contribution in [1.82, 2.24) is 10.2 Å². The molecule has 0 aliphatic carbocycles. The van der Waals surface area contributed by atoms with E-state index in [-0.39, 0.29) is 11.9 Å². The number of rotatable bonds is 6. The Kier molecular flexibility index (Phi) is 5.73. The number of hydrogen-bond donors (Lipinski definition) is 2. The molecule has 2 atom stereocenters. The molecule has 0 saturated carbocycles. The van der Waals surface area contributed by atoms with Crippen LogP contribution in [0.3, 0.4) is 0 Å². The Morgan fingerprint density at radius 2 is 2.10 bits per heavy atom. The molecule has 0 amide bonds. The Labute approximate surface area is 127 Å². The number of halogens is 1. The summed E-state index contributed by atoms with van der Waals surface area (Å²) in [6, 6.07) is 6.99. The molecule has 2 N–H and O–H groups in total. The molecule has 1 aliphatic rings. The first-order valence-electron chi connectivity index (χ1n) is 7.94. The van der Waals surface area contributed by atoms with Crippen molar-refractivity contribution >= 4 is 0 Å². The smallest absolute Gasteiger partial charge is 0.123 e. The summed E-state index contributed by atoms with van der Waals surface area (Å²) in [7, 11) is 0. The molecule has 1 heterocycles. The van der Waals surface area contributed by atoms with Crippen LogP contribution in [0.15, 0.2) is 24.3 Å². The highest BCUT2D eigenvalue weighted by Crippen LogP contribution is 2.23. The third-order valence-corrected chi connectivity index (χ3v) is 4.21. The number of nitrogens with zero attached hydrogens (tertiary/aromatic N) is 1. The van der Waals surface area contributed by atoms with Crippen molar-refractivity contribution in [2.45, 2.75) is 44.8 Å². The Balaban J connectivity index is 1.92. The number of aliphatic hydroxyl groups is 1. The van der Waals surface area contributed by atoms with Crippen LogP contribution in [0.25, 0.3) is 0 Å². The van der Waals surface area contributed by atoms with E-state index in [0.717, 1.165) is 51.0 Å². The van der Waals surface area contributed by atoms with Gasteiger partial charge >= 0.3 is 0 Å². The molecule has 1 aliphatic heterocycles. The van der Waals surface area contributed by atoms with Crippen molar-refractivity contribution in [2.75, 3.05) is 26.2 Å². The number of β-amino-alcohol motifs (C(OH)–C–C–N with tert-alkyl or cyclic N) is 1. The van der Waals surface area contributed by atoms with Crippen LogP contribution in [0.4, 0.5) is 4.39 Å². The molecule has 2 rings (SSSR count). The van der Waals surface area contributed by atoms with Crippen molar-refractivity contribution in [2.24, 2.45) is 0 Å². The van der Waals surface area contributed by atoms with E-state index in [0.29, 0.717) is 0 Å². The molecular weight excluding hydrogens is 267 g/mol. The van der Waals surface area contributed by atoms with Gasteiger partial charge in [-0.1, -0.05) is 19.1 Å². The Hall–Kier alpha value is -0.970. The summed E-state index contributed by atoms with van der Waals surface area (Å²) in [6.45, 7) is 7.64. The fourth-order valence-electron chi connectivity index (χ4n) is 3.15. The van der Waals surface area contributed by atoms with E-state index in [9.17, 15) is 9.50 Å². The lowest BCUT2D eigenvalue weighted by Gasteiger charge is -2.37. The van der Waals surface area contributed by atoms with E-state index < -0.39 is 5.60 Å². The van der Waals surface area contributed by atoms with Gasteiger partial charge in [0, 0.05) is 19.1 Å². The molecule has 2 unspecified atom stereocenters. The molecule has 0 radical (unpaired) electrons. The molecular formula is C17H27FN2O. The van der Waals surface area contributed by atoms with Crippen LogP contribution in [0.1, 0.15) is 44.7 Å². The zero-order valence-electron chi connectivity index (χ0n) is 13.1. The summed E-state index contributed by atoms with van der Waals surface area (Å²) in [5, 5.41) is 13.6. The third kappa shape index (κ3) is 5.06. The lowest BCUT2D eigenvalue weighted by molar-refractivity contribution is -0.0163. The summed E-state index contributed by atoms with van der Waals surface area (Å²) in [5.74, 6) is -0.193. The topological polar surface area (TPSA) is 35.5 Å². The van der Waals surface area contributed by atoms with Gasteiger partial charge < -0.3 is 15.3 Å². The molecule has 1 aromatic carbocycles. The number of hydrogen-bond acceptors (Lipinski definition) is 3. The van der Waals surface area contributed by atoms with Gasteiger partial charge in [-0.15, -0.1) is 0 Å². The third-order valence-electron chi connectivity index (χ3n) is 4.21. The van der Waals surface area contributed by atoms with Gasteiger partial charge in [-0.25, -0.2) is 4.39 Å². The van der Waals surface area contributed by atoms with Crippen LogP contribution in [0.5, 0.6) is 0 Å². The fourth-order valence-corrected chi connectivity index (χ4v) is 3.15. The molecule has 21 heavy (non-hydrogen) atoms. The highest BCUT2D eigenvalue weighted by molar-refractivity contribution is 5.20. The normalized spacial score (nSPS) is 25.0. The Morgan fingerprint density at radius 1 is 1.38 bits per heavy atom. The summed E-state index contributed by atoms with van der Waals surface area (Å²) in [4.78, 5) is 2.33. The van der Waals surface area contributed by atoms with E-state index >= 15 is 0 Å². The maximum absolute atomic E-state index is 13.0. The minimum atomic E-state index is -0.554. The van der Waals surface area contributed by atoms with Crippen LogP contribution in [0.2, 0.25) is 0 Å². The number of likely N-dealkylation sites (tertiary alicyclic amines) is 1. The number of nitrogens with one attached hydrogen (secondary N) is 1. The van der Waals surface area contributed by atoms with Gasteiger partial charge in [0.2, 0.25) is 0 Å². The maximum atomic E-state index is 13.0. The fraction of sp³-hybridized carbons (Fsp3) is 0.647. The lowest BCUT2D eigenvalue weighted by atomic mass is 9.94. The Bertz CT molecular complexity index is 433. The van der Waals surface area contributed by atoms with Gasteiger partial charge in [0.05, 0.1) is 5.60 Å². The van der Waals surface area contributed by atoms with Gasteiger partial charge in [-0.05, 0) is 57.0 Å². The summed E-state index contributed by atoms with van der Waals surface area (Å²) in [5.41, 5.74) is 0.573. The predicted molar refractivity (Wildman–Crippen MR) is 83.7 cm³/mol. The summed E-state index contributed by atoms with van der Waals surface area (Å²) < 4.78 is 13.0. The molecule has 0 spiro atoms. The highest BCUT2D eigenvalue weighted by Gasteiger charge is 2.28. The van der Waals surface area contributed by atoms with Crippen LogP contribution >= 0.6 is 0 Å². The minimum absolute atomic E-state index is 0.193. The first kappa shape index (κ1) is 16.4. The van der Waals surface area contributed by atoms with Crippen LogP contribution in [0, 0.1) is 5.82 Å². The van der Waals surface area contributed by atoms with E-state index in [1.54, 1.807) is 0 Å². The van der Waals surface area contributed by atoms with Crippen LogP contribution < -0.4 is 5.32 Å². The minimum Gasteiger partial charge on any atom is -0.389 e. The summed E-state index contributed by atoms with van der Waals surface area (Å²) in [6.07, 6.45) is 2.91. The van der Waals surface area contributed by atoms with Gasteiger partial charge in [0.15, 0.2) is 0 Å². The quantitative estimate of drug-likeness (QED) is 0.847. The SMILES string of the molecule is CCNC(CCN1CCCC(C)(O)C1)c1ccc(F)cc1. The highest BCUT2D eigenvalue weighted by atomic mass is 19.1. The zero-order chi connectivity index (χ0) is 15.3. The van der Waals surface area contributed by atoms with Gasteiger partial charge in [0.25, 0.3) is 0 Å². The van der Waals surface area contributed by atoms with E-state index in [4.69, 9.17) is 0 Å². The zero-order valence-corrected chi connectivity index (χ0v) is 13.1. The van der Waals surface area contributed by atoms with Gasteiger partial charge in [-0.3, -0.25) is 0 Å². The number of benzene rings is 1. The maximum Gasteiger partial charge on any atom is 0.123 e. The standard InChI is InChI=1S/C17H27FN2O/c1-3-19-16(14-5-7-15(18)8-6-14)9-12-20-11-4-10-17(2,21)13-20/h5-8,16,19,21H,3-4,9-13H2,1-2H3. The van der Waals surface area contributed by atoms with Crippen molar-refractivity contribution in [1.29, 1.82) is 0 Å². The predicted octanol–water partition coefficient (Wildman–Crippen LogP) is 2.71. The molecule has 1 saturated heterocycles. The monoisotopic (exact) mass is 294 g/mol. The summed E-state index contributed by atoms with van der Waals surface area (Å²) >= 11 is 0. The molecule has 3 nitrogen and oxygen atoms in total. The van der Waals surface area contributed by atoms with E-state index in [1.165, 1.54) is 12.1 Å². The Morgan fingerprint density at radius 3 is 2.71 bits per heavy atom. The second-order valence-corrected chi connectivity index (χ2v) is 6.33. The van der Waals surface area contributed by atoms with Crippen molar-refractivity contribution < 1.29 is 9.50 Å². The van der Waals surface area contributed by atoms with Crippen molar-refractivity contribution in [3.8, 4) is 0 Å². The van der Waals surface area contributed by atoms with E-state index in [2.05, 4.69) is 17.1 Å². The lowest BCUT2D eigenvalue weighted by Crippen LogP contribution is -2.46. The first-order chi connectivity index (χ1) is 10.00. The van der Waals surface area contributed by atoms with Crippen LogP contribution in [-0.2, 0) is 0 Å². The second kappa shape index (κ2) is 7.34. The molecule has 0 bridgehead atoms. The first-order valence-corrected chi connectivity index (χ1v) is 7.94. The number of piperidine rings is 1. The largest absolute Gasteiger partial charge is 0.389 e. The second-order valence-electron chi connectivity index (χ2n) is 6.33. The molecule has 1 fully saturated rings. The van der Waals surface area contributed by atoms with Crippen molar-refractivity contribution in [3.05, 3.63) is 35.6 Å².